The van der Waals surface area contributed by atoms with Crippen molar-refractivity contribution in [2.75, 3.05) is 0 Å². The summed E-state index contributed by atoms with van der Waals surface area (Å²) in [6.07, 6.45) is -1.35. The summed E-state index contributed by atoms with van der Waals surface area (Å²) < 4.78 is 10.8. The van der Waals surface area contributed by atoms with Gasteiger partial charge in [-0.15, -0.1) is 0 Å². The molecular formula is C24H32N2O6. The number of rotatable bonds is 5. The lowest BCUT2D eigenvalue weighted by molar-refractivity contribution is 0.0427. The first kappa shape index (κ1) is 24.8. The fourth-order valence-corrected chi connectivity index (χ4v) is 2.95. The van der Waals surface area contributed by atoms with Crippen LogP contribution in [0.3, 0.4) is 0 Å². The van der Waals surface area contributed by atoms with E-state index in [1.165, 1.54) is 24.3 Å². The summed E-state index contributed by atoms with van der Waals surface area (Å²) in [4.78, 5) is 25.3. The molecule has 8 heteroatoms. The monoisotopic (exact) mass is 444 g/mol. The maximum Gasteiger partial charge on any atom is 0.408 e. The minimum atomic E-state index is -0.775. The molecule has 0 saturated carbocycles. The Hall–Kier alpha value is -3.42. The number of phenolic OH excluding ortho intramolecular Hbond substituents is 2. The predicted octanol–water partition coefficient (Wildman–Crippen LogP) is 4.93. The Morgan fingerprint density at radius 3 is 1.19 bits per heavy atom. The summed E-state index contributed by atoms with van der Waals surface area (Å²) in [5.74, 6) is 0.122. The topological polar surface area (TPSA) is 117 Å². The number of amides is 2. The number of carbonyl (C=O) groups excluding carboxylic acids is 2. The highest BCUT2D eigenvalue weighted by molar-refractivity contribution is 5.71. The molecule has 2 amide bonds. The number of benzene rings is 2. The van der Waals surface area contributed by atoms with Crippen LogP contribution in [0.15, 0.2) is 48.5 Å². The van der Waals surface area contributed by atoms with Crippen LogP contribution in [0.25, 0.3) is 0 Å². The Morgan fingerprint density at radius 2 is 0.938 bits per heavy atom. The molecular weight excluding hydrogens is 412 g/mol. The van der Waals surface area contributed by atoms with Crippen molar-refractivity contribution in [2.45, 2.75) is 64.8 Å². The van der Waals surface area contributed by atoms with E-state index < -0.39 is 35.5 Å². The minimum absolute atomic E-state index is 0.0612. The Kier molecular flexibility index (Phi) is 7.61. The summed E-state index contributed by atoms with van der Waals surface area (Å²) in [6.45, 7) is 10.5. The zero-order valence-corrected chi connectivity index (χ0v) is 19.3. The van der Waals surface area contributed by atoms with Crippen molar-refractivity contribution in [3.8, 4) is 11.5 Å². The highest BCUT2D eigenvalue weighted by Gasteiger charge is 2.31. The third-order valence-electron chi connectivity index (χ3n) is 4.18. The maximum atomic E-state index is 12.6. The standard InChI is InChI=1S/C24H32N2O6/c1-23(2,3)31-21(29)25-19(15-7-11-17(27)12-8-15)20(16-9-13-18(28)14-10-16)26-22(30)32-24(4,5)6/h7-14,19-20,27-28H,1-6H3,(H,25,29)(H,26,30)/t19-,20-/m1/s1. The molecule has 0 radical (unpaired) electrons. The van der Waals surface area contributed by atoms with Gasteiger partial charge in [0.15, 0.2) is 0 Å². The van der Waals surface area contributed by atoms with Crippen molar-refractivity contribution < 1.29 is 29.3 Å². The van der Waals surface area contributed by atoms with Crippen LogP contribution in [0.5, 0.6) is 11.5 Å². The van der Waals surface area contributed by atoms with Crippen LogP contribution in [-0.2, 0) is 9.47 Å². The first-order valence-electron chi connectivity index (χ1n) is 10.3. The van der Waals surface area contributed by atoms with Gasteiger partial charge in [0, 0.05) is 0 Å². The molecule has 0 spiro atoms. The van der Waals surface area contributed by atoms with E-state index >= 15 is 0 Å². The van der Waals surface area contributed by atoms with Crippen molar-refractivity contribution >= 4 is 12.2 Å². The second-order valence-corrected chi connectivity index (χ2v) is 9.43. The number of ether oxygens (including phenoxy) is 2. The summed E-state index contributed by atoms with van der Waals surface area (Å²) >= 11 is 0. The second-order valence-electron chi connectivity index (χ2n) is 9.43. The van der Waals surface area contributed by atoms with Gasteiger partial charge in [-0.25, -0.2) is 9.59 Å². The predicted molar refractivity (Wildman–Crippen MR) is 120 cm³/mol. The highest BCUT2D eigenvalue weighted by Crippen LogP contribution is 2.32. The van der Waals surface area contributed by atoms with E-state index in [1.807, 2.05) is 0 Å². The molecule has 0 heterocycles. The molecule has 0 saturated heterocycles. The molecule has 0 fully saturated rings. The van der Waals surface area contributed by atoms with Gasteiger partial charge in [-0.1, -0.05) is 24.3 Å². The molecule has 0 bridgehead atoms. The molecule has 32 heavy (non-hydrogen) atoms. The number of alkyl carbamates (subject to hydrolysis) is 2. The number of aromatic hydroxyl groups is 2. The van der Waals surface area contributed by atoms with Crippen LogP contribution in [0.2, 0.25) is 0 Å². The van der Waals surface area contributed by atoms with E-state index in [-0.39, 0.29) is 11.5 Å². The zero-order valence-electron chi connectivity index (χ0n) is 19.3. The third-order valence-corrected chi connectivity index (χ3v) is 4.18. The van der Waals surface area contributed by atoms with E-state index in [4.69, 9.17) is 9.47 Å². The molecule has 174 valence electrons. The quantitative estimate of drug-likeness (QED) is 0.519. The van der Waals surface area contributed by atoms with Crippen molar-refractivity contribution in [1.82, 2.24) is 10.6 Å². The van der Waals surface area contributed by atoms with Gasteiger partial charge in [0.2, 0.25) is 0 Å². The van der Waals surface area contributed by atoms with Gasteiger partial charge in [-0.3, -0.25) is 0 Å². The molecule has 2 aromatic rings. The van der Waals surface area contributed by atoms with Gasteiger partial charge >= 0.3 is 12.2 Å². The van der Waals surface area contributed by atoms with Crippen molar-refractivity contribution in [2.24, 2.45) is 0 Å². The Morgan fingerprint density at radius 1 is 0.656 bits per heavy atom. The fourth-order valence-electron chi connectivity index (χ4n) is 2.95. The van der Waals surface area contributed by atoms with E-state index in [1.54, 1.807) is 65.8 Å². The van der Waals surface area contributed by atoms with Crippen LogP contribution in [0, 0.1) is 0 Å². The molecule has 0 aliphatic heterocycles. The van der Waals surface area contributed by atoms with Crippen LogP contribution in [-0.4, -0.2) is 33.6 Å². The van der Waals surface area contributed by atoms with E-state index in [2.05, 4.69) is 10.6 Å². The van der Waals surface area contributed by atoms with Crippen molar-refractivity contribution in [3.05, 3.63) is 59.7 Å². The lowest BCUT2D eigenvalue weighted by Crippen LogP contribution is -2.44. The molecule has 8 nitrogen and oxygen atoms in total. The first-order valence-corrected chi connectivity index (χ1v) is 10.3. The minimum Gasteiger partial charge on any atom is -0.508 e. The molecule has 2 atom stereocenters. The molecule has 0 aromatic heterocycles. The SMILES string of the molecule is CC(C)(C)OC(=O)N[C@H](c1ccc(O)cc1)[C@H](NC(=O)OC(C)(C)C)c1ccc(O)cc1. The molecule has 2 rings (SSSR count). The molecule has 0 aliphatic rings. The summed E-state index contributed by atoms with van der Waals surface area (Å²) in [5.41, 5.74) is -0.225. The van der Waals surface area contributed by atoms with Gasteiger partial charge in [0.25, 0.3) is 0 Å². The molecule has 0 unspecified atom stereocenters. The van der Waals surface area contributed by atoms with Crippen LogP contribution >= 0.6 is 0 Å². The summed E-state index contributed by atoms with van der Waals surface area (Å²) in [7, 11) is 0. The zero-order chi connectivity index (χ0) is 24.1. The number of nitrogens with one attached hydrogen (secondary N) is 2. The van der Waals surface area contributed by atoms with Gasteiger partial charge in [0.05, 0.1) is 12.1 Å². The number of carbonyl (C=O) groups is 2. The fraction of sp³-hybridized carbons (Fsp3) is 0.417. The van der Waals surface area contributed by atoms with E-state index in [9.17, 15) is 19.8 Å². The summed E-state index contributed by atoms with van der Waals surface area (Å²) in [6, 6.07) is 11.0. The average Bonchev–Trinajstić information content (AvgIpc) is 2.63. The molecule has 2 aromatic carbocycles. The lowest BCUT2D eigenvalue weighted by Gasteiger charge is -2.31. The van der Waals surface area contributed by atoms with Crippen LogP contribution < -0.4 is 10.6 Å². The average molecular weight is 445 g/mol. The van der Waals surface area contributed by atoms with Gasteiger partial charge in [0.1, 0.15) is 22.7 Å². The smallest absolute Gasteiger partial charge is 0.408 e. The summed E-state index contributed by atoms with van der Waals surface area (Å²) in [5, 5.41) is 25.0. The Labute approximate surface area is 188 Å². The molecule has 4 N–H and O–H groups in total. The van der Waals surface area contributed by atoms with E-state index in [0.29, 0.717) is 11.1 Å². The maximum absolute atomic E-state index is 12.6. The van der Waals surface area contributed by atoms with Crippen LogP contribution in [0.4, 0.5) is 9.59 Å². The van der Waals surface area contributed by atoms with Crippen LogP contribution in [0.1, 0.15) is 64.8 Å². The number of phenols is 2. The Balaban J connectivity index is 2.48. The number of hydrogen-bond acceptors (Lipinski definition) is 6. The highest BCUT2D eigenvalue weighted by atomic mass is 16.6. The normalized spacial score (nSPS) is 13.6. The third kappa shape index (κ3) is 8.02. The van der Waals surface area contributed by atoms with Crippen molar-refractivity contribution in [1.29, 1.82) is 0 Å². The number of hydrogen-bond donors (Lipinski definition) is 4. The largest absolute Gasteiger partial charge is 0.508 e. The van der Waals surface area contributed by atoms with Gasteiger partial charge in [-0.05, 0) is 76.9 Å². The van der Waals surface area contributed by atoms with Gasteiger partial charge in [-0.2, -0.15) is 0 Å². The van der Waals surface area contributed by atoms with E-state index in [0.717, 1.165) is 0 Å². The van der Waals surface area contributed by atoms with Crippen molar-refractivity contribution in [3.63, 3.8) is 0 Å². The Bertz CT molecular complexity index is 834. The lowest BCUT2D eigenvalue weighted by atomic mass is 9.93. The first-order chi connectivity index (χ1) is 14.7. The van der Waals surface area contributed by atoms with Gasteiger partial charge < -0.3 is 30.3 Å². The molecule has 0 aliphatic carbocycles. The second kappa shape index (κ2) is 9.80.